The highest BCUT2D eigenvalue weighted by Gasteiger charge is 2.20. The second-order valence-electron chi connectivity index (χ2n) is 17.1. The molecule has 4 N–H and O–H groups in total. The molecule has 0 saturated carbocycles. The van der Waals surface area contributed by atoms with Gasteiger partial charge in [-0.05, 0) is 44.9 Å². The summed E-state index contributed by atoms with van der Waals surface area (Å²) >= 11 is 0. The summed E-state index contributed by atoms with van der Waals surface area (Å²) in [6, 6.07) is -0.744. The van der Waals surface area contributed by atoms with E-state index in [1.54, 1.807) is 6.08 Å². The Morgan fingerprint density at radius 3 is 1.11 bits per heavy atom. The maximum Gasteiger partial charge on any atom is 0.222 e. The summed E-state index contributed by atoms with van der Waals surface area (Å²) in [5.74, 6) is -0.315. The Labute approximate surface area is 343 Å². The molecule has 0 aromatic carbocycles. The number of rotatable bonds is 45. The molecule has 0 aromatic heterocycles. The Morgan fingerprint density at radius 2 is 0.764 bits per heavy atom. The summed E-state index contributed by atoms with van der Waals surface area (Å²) in [5, 5.41) is 33.3. The monoisotopic (exact) mass is 776 g/mol. The zero-order valence-electron chi connectivity index (χ0n) is 37.1. The van der Waals surface area contributed by atoms with Crippen molar-refractivity contribution in [1.29, 1.82) is 0 Å². The van der Waals surface area contributed by atoms with E-state index < -0.39 is 18.2 Å². The van der Waals surface area contributed by atoms with E-state index in [4.69, 9.17) is 0 Å². The van der Waals surface area contributed by atoms with Crippen molar-refractivity contribution in [2.45, 2.75) is 283 Å². The van der Waals surface area contributed by atoms with Crippen molar-refractivity contribution in [3.63, 3.8) is 0 Å². The van der Waals surface area contributed by atoms with E-state index in [2.05, 4.69) is 31.3 Å². The number of hydrogen-bond acceptors (Lipinski definition) is 4. The van der Waals surface area contributed by atoms with Crippen molar-refractivity contribution in [2.24, 2.45) is 0 Å². The summed E-state index contributed by atoms with van der Waals surface area (Å²) < 4.78 is 0. The van der Waals surface area contributed by atoms with Crippen LogP contribution in [0.1, 0.15) is 264 Å². The van der Waals surface area contributed by atoms with Crippen LogP contribution >= 0.6 is 0 Å². The van der Waals surface area contributed by atoms with Gasteiger partial charge in [-0.2, -0.15) is 0 Å². The van der Waals surface area contributed by atoms with E-state index in [-0.39, 0.29) is 18.9 Å². The van der Waals surface area contributed by atoms with Gasteiger partial charge in [-0.1, -0.05) is 237 Å². The molecule has 0 heterocycles. The minimum Gasteiger partial charge on any atom is -0.394 e. The maximum atomic E-state index is 12.5. The topological polar surface area (TPSA) is 89.8 Å². The molecule has 0 radical (unpaired) electrons. The number of unbranched alkanes of at least 4 members (excludes halogenated alkanes) is 34. The van der Waals surface area contributed by atoms with Crippen molar-refractivity contribution in [2.75, 3.05) is 6.61 Å². The molecule has 3 unspecified atom stereocenters. The Kier molecular flexibility index (Phi) is 44.6. The molecule has 55 heavy (non-hydrogen) atoms. The third kappa shape index (κ3) is 42.3. The number of carbonyl (C=O) groups is 1. The third-order valence-corrected chi connectivity index (χ3v) is 11.5. The Bertz CT molecular complexity index is 814. The number of aliphatic hydroxyl groups excluding tert-OH is 3. The lowest BCUT2D eigenvalue weighted by Crippen LogP contribution is -2.45. The zero-order valence-corrected chi connectivity index (χ0v) is 37.1. The highest BCUT2D eigenvalue weighted by molar-refractivity contribution is 5.76. The molecule has 0 bridgehead atoms. The SMILES string of the molecule is CCCCCCCCCCCCCC/C=C\CCCCCCCCCC(O)CC(=O)NC(CO)C(O)/C=C/CCCCCCCCCCCCCCCCC. The quantitative estimate of drug-likeness (QED) is 0.0366. The van der Waals surface area contributed by atoms with E-state index in [0.29, 0.717) is 6.42 Å². The van der Waals surface area contributed by atoms with Crippen molar-refractivity contribution >= 4 is 5.91 Å². The first kappa shape index (κ1) is 53.8. The largest absolute Gasteiger partial charge is 0.394 e. The molecule has 5 nitrogen and oxygen atoms in total. The molecular weight excluding hydrogens is 679 g/mol. The molecule has 0 fully saturated rings. The minimum atomic E-state index is -0.928. The minimum absolute atomic E-state index is 0.0128. The summed E-state index contributed by atoms with van der Waals surface area (Å²) in [7, 11) is 0. The van der Waals surface area contributed by atoms with E-state index in [1.807, 2.05) is 6.08 Å². The standard InChI is InChI=1S/C50H97NO4/c1-3-5-7-9-11-13-15-17-19-21-22-23-24-25-26-28-29-31-33-35-37-39-41-43-47(53)45-50(55)51-48(46-52)49(54)44-42-40-38-36-34-32-30-27-20-18-16-14-12-10-8-6-4-2/h25-26,42,44,47-49,52-54H,3-24,27-41,43,45-46H2,1-2H3,(H,51,55)/b26-25-,44-42+. The molecule has 5 heteroatoms. The predicted molar refractivity (Wildman–Crippen MR) is 241 cm³/mol. The summed E-state index contributed by atoms with van der Waals surface area (Å²) in [6.45, 7) is 4.23. The number of allylic oxidation sites excluding steroid dienone is 3. The molecular formula is C50H97NO4. The van der Waals surface area contributed by atoms with Crippen LogP contribution < -0.4 is 5.32 Å². The fourth-order valence-corrected chi connectivity index (χ4v) is 7.69. The lowest BCUT2D eigenvalue weighted by molar-refractivity contribution is -0.124. The van der Waals surface area contributed by atoms with Gasteiger partial charge in [0.25, 0.3) is 0 Å². The van der Waals surface area contributed by atoms with Gasteiger partial charge in [-0.15, -0.1) is 0 Å². The molecule has 0 aliphatic rings. The second kappa shape index (κ2) is 45.5. The molecule has 3 atom stereocenters. The van der Waals surface area contributed by atoms with Gasteiger partial charge in [0.15, 0.2) is 0 Å². The smallest absolute Gasteiger partial charge is 0.222 e. The van der Waals surface area contributed by atoms with Crippen LogP contribution in [0.3, 0.4) is 0 Å². The van der Waals surface area contributed by atoms with Crippen LogP contribution in [0.25, 0.3) is 0 Å². The Hall–Kier alpha value is -1.17. The van der Waals surface area contributed by atoms with Crippen molar-refractivity contribution < 1.29 is 20.1 Å². The van der Waals surface area contributed by atoms with E-state index in [0.717, 1.165) is 25.7 Å². The van der Waals surface area contributed by atoms with Gasteiger partial charge in [0.05, 0.1) is 31.3 Å². The molecule has 326 valence electrons. The molecule has 0 aromatic rings. The van der Waals surface area contributed by atoms with Crippen molar-refractivity contribution in [3.8, 4) is 0 Å². The fourth-order valence-electron chi connectivity index (χ4n) is 7.69. The molecule has 0 saturated heterocycles. The van der Waals surface area contributed by atoms with Crippen molar-refractivity contribution in [1.82, 2.24) is 5.32 Å². The van der Waals surface area contributed by atoms with Gasteiger partial charge in [-0.3, -0.25) is 4.79 Å². The average Bonchev–Trinajstić information content (AvgIpc) is 3.18. The van der Waals surface area contributed by atoms with Gasteiger partial charge < -0.3 is 20.6 Å². The predicted octanol–water partition coefficient (Wildman–Crippen LogP) is 14.6. The highest BCUT2D eigenvalue weighted by atomic mass is 16.3. The van der Waals surface area contributed by atoms with Gasteiger partial charge in [0, 0.05) is 0 Å². The Morgan fingerprint density at radius 1 is 0.455 bits per heavy atom. The van der Waals surface area contributed by atoms with Gasteiger partial charge in [0.2, 0.25) is 5.91 Å². The van der Waals surface area contributed by atoms with Gasteiger partial charge >= 0.3 is 0 Å². The molecule has 1 amide bonds. The summed E-state index contributed by atoms with van der Waals surface area (Å²) in [6.07, 6.45) is 56.2. The molecule has 0 aliphatic heterocycles. The average molecular weight is 776 g/mol. The molecule has 0 rings (SSSR count). The number of hydrogen-bond donors (Lipinski definition) is 4. The first-order chi connectivity index (χ1) is 27.0. The van der Waals surface area contributed by atoms with Gasteiger partial charge in [0.1, 0.15) is 0 Å². The zero-order chi connectivity index (χ0) is 40.1. The molecule has 0 spiro atoms. The van der Waals surface area contributed by atoms with E-state index >= 15 is 0 Å². The third-order valence-electron chi connectivity index (χ3n) is 11.5. The van der Waals surface area contributed by atoms with Crippen LogP contribution in [0.5, 0.6) is 0 Å². The normalized spacial score (nSPS) is 13.6. The number of nitrogens with one attached hydrogen (secondary N) is 1. The summed E-state index contributed by atoms with van der Waals surface area (Å²) in [5.41, 5.74) is 0. The highest BCUT2D eigenvalue weighted by Crippen LogP contribution is 2.16. The maximum absolute atomic E-state index is 12.5. The summed E-state index contributed by atoms with van der Waals surface area (Å²) in [4.78, 5) is 12.5. The number of carbonyl (C=O) groups excluding carboxylic acids is 1. The van der Waals surface area contributed by atoms with E-state index in [9.17, 15) is 20.1 Å². The van der Waals surface area contributed by atoms with Crippen LogP contribution in [-0.4, -0.2) is 46.1 Å². The van der Waals surface area contributed by atoms with E-state index in [1.165, 1.54) is 212 Å². The lowest BCUT2D eigenvalue weighted by atomic mass is 10.0. The van der Waals surface area contributed by atoms with Crippen LogP contribution in [0, 0.1) is 0 Å². The van der Waals surface area contributed by atoms with Crippen LogP contribution in [-0.2, 0) is 4.79 Å². The van der Waals surface area contributed by atoms with Gasteiger partial charge in [-0.25, -0.2) is 0 Å². The van der Waals surface area contributed by atoms with Crippen molar-refractivity contribution in [3.05, 3.63) is 24.3 Å². The Balaban J connectivity index is 3.61. The number of amides is 1. The fraction of sp³-hybridized carbons (Fsp3) is 0.900. The first-order valence-corrected chi connectivity index (χ1v) is 24.6. The number of aliphatic hydroxyl groups is 3. The van der Waals surface area contributed by atoms with Crippen LogP contribution in [0.15, 0.2) is 24.3 Å². The second-order valence-corrected chi connectivity index (χ2v) is 17.1. The van der Waals surface area contributed by atoms with Crippen LogP contribution in [0.2, 0.25) is 0 Å². The van der Waals surface area contributed by atoms with Crippen LogP contribution in [0.4, 0.5) is 0 Å². The first-order valence-electron chi connectivity index (χ1n) is 24.6. The lowest BCUT2D eigenvalue weighted by Gasteiger charge is -2.21. The molecule has 0 aliphatic carbocycles.